The van der Waals surface area contributed by atoms with Gasteiger partial charge in [-0.3, -0.25) is 4.79 Å². The van der Waals surface area contributed by atoms with Crippen molar-refractivity contribution in [1.82, 2.24) is 5.32 Å². The maximum absolute atomic E-state index is 10.8. The van der Waals surface area contributed by atoms with E-state index in [-0.39, 0.29) is 0 Å². The van der Waals surface area contributed by atoms with Gasteiger partial charge in [-0.2, -0.15) is 0 Å². The fourth-order valence-electron chi connectivity index (χ4n) is 1.51. The average molecular weight is 253 g/mol. The number of amides is 1. The van der Waals surface area contributed by atoms with Gasteiger partial charge in [-0.1, -0.05) is 0 Å². The van der Waals surface area contributed by atoms with Gasteiger partial charge in [0, 0.05) is 6.92 Å². The van der Waals surface area contributed by atoms with Crippen molar-refractivity contribution in [3.8, 4) is 0 Å². The van der Waals surface area contributed by atoms with Gasteiger partial charge >= 0.3 is 0 Å². The van der Waals surface area contributed by atoms with Crippen LogP contribution in [0.5, 0.6) is 0 Å². The second kappa shape index (κ2) is 4.86. The molecule has 1 aliphatic rings. The van der Waals surface area contributed by atoms with E-state index in [9.17, 15) is 20.1 Å². The van der Waals surface area contributed by atoms with Crippen molar-refractivity contribution >= 4 is 18.5 Å². The number of carbonyl (C=O) groups is 1. The van der Waals surface area contributed by atoms with E-state index in [1.54, 1.807) is 0 Å². The first kappa shape index (κ1) is 13.7. The molecule has 5 atom stereocenters. The Hall–Kier alpha value is -0.380. The standard InChI is InChI=1S/C8H15NO6S/c1-3(11)9-4-5(12)6(13)8(16,2-10)15-7(4)14/h4-7,10,12-14,16H,2H2,1H3,(H,9,11)/t4-,5-,6+,7?,8-/m1/s1. The third-order valence-corrected chi connectivity index (χ3v) is 2.89. The molecule has 7 nitrogen and oxygen atoms in total. The Morgan fingerprint density at radius 1 is 1.50 bits per heavy atom. The summed E-state index contributed by atoms with van der Waals surface area (Å²) in [6, 6.07) is -1.17. The lowest BCUT2D eigenvalue weighted by Gasteiger charge is -2.45. The van der Waals surface area contributed by atoms with E-state index in [4.69, 9.17) is 9.84 Å². The number of thiol groups is 1. The van der Waals surface area contributed by atoms with Crippen LogP contribution >= 0.6 is 12.6 Å². The monoisotopic (exact) mass is 253 g/mol. The van der Waals surface area contributed by atoms with Crippen molar-refractivity contribution in [3.63, 3.8) is 0 Å². The predicted octanol–water partition coefficient (Wildman–Crippen LogP) is -2.82. The van der Waals surface area contributed by atoms with Gasteiger partial charge in [0.15, 0.2) is 11.2 Å². The minimum absolute atomic E-state index is 0.491. The molecule has 1 fully saturated rings. The van der Waals surface area contributed by atoms with Crippen LogP contribution in [0.4, 0.5) is 0 Å². The largest absolute Gasteiger partial charge is 0.392 e. The smallest absolute Gasteiger partial charge is 0.217 e. The zero-order valence-electron chi connectivity index (χ0n) is 8.57. The highest BCUT2D eigenvalue weighted by Crippen LogP contribution is 2.31. The van der Waals surface area contributed by atoms with E-state index in [2.05, 4.69) is 17.9 Å². The molecule has 1 amide bonds. The number of hydrogen-bond acceptors (Lipinski definition) is 7. The first-order valence-corrected chi connectivity index (χ1v) is 5.09. The lowest BCUT2D eigenvalue weighted by atomic mass is 9.96. The van der Waals surface area contributed by atoms with Crippen molar-refractivity contribution in [1.29, 1.82) is 0 Å². The van der Waals surface area contributed by atoms with Crippen molar-refractivity contribution in [3.05, 3.63) is 0 Å². The van der Waals surface area contributed by atoms with Crippen LogP contribution in [0.15, 0.2) is 0 Å². The highest BCUT2D eigenvalue weighted by molar-refractivity contribution is 7.81. The highest BCUT2D eigenvalue weighted by Gasteiger charge is 2.51. The van der Waals surface area contributed by atoms with Gasteiger partial charge in [0.2, 0.25) is 5.91 Å². The Morgan fingerprint density at radius 3 is 2.50 bits per heavy atom. The number of ether oxygens (including phenoxy) is 1. The first-order chi connectivity index (χ1) is 7.31. The fraction of sp³-hybridized carbons (Fsp3) is 0.875. The normalized spacial score (nSPS) is 44.1. The van der Waals surface area contributed by atoms with E-state index in [1.807, 2.05) is 0 Å². The van der Waals surface area contributed by atoms with Crippen LogP contribution < -0.4 is 5.32 Å². The lowest BCUT2D eigenvalue weighted by molar-refractivity contribution is -0.266. The molecule has 0 spiro atoms. The SMILES string of the molecule is CC(=O)N[C@H]1C(O)O[C@@](S)(CO)[C@@H](O)[C@@H]1O. The van der Waals surface area contributed by atoms with E-state index in [0.29, 0.717) is 0 Å². The molecular weight excluding hydrogens is 238 g/mol. The van der Waals surface area contributed by atoms with Crippen molar-refractivity contribution < 1.29 is 30.0 Å². The molecule has 0 aromatic rings. The second-order valence-corrected chi connectivity index (χ2v) is 4.43. The second-order valence-electron chi connectivity index (χ2n) is 3.67. The summed E-state index contributed by atoms with van der Waals surface area (Å²) in [6.45, 7) is 0.499. The van der Waals surface area contributed by atoms with Crippen LogP contribution in [0.3, 0.4) is 0 Å². The summed E-state index contributed by atoms with van der Waals surface area (Å²) in [7, 11) is 0. The number of aliphatic hydroxyl groups excluding tert-OH is 4. The molecule has 1 saturated heterocycles. The first-order valence-electron chi connectivity index (χ1n) is 4.64. The number of rotatable bonds is 2. The van der Waals surface area contributed by atoms with Gasteiger partial charge in [-0.15, -0.1) is 12.6 Å². The fourth-order valence-corrected chi connectivity index (χ4v) is 1.77. The molecule has 0 bridgehead atoms. The summed E-state index contributed by atoms with van der Waals surface area (Å²) in [6.07, 6.45) is -4.59. The van der Waals surface area contributed by atoms with Crippen LogP contribution in [-0.2, 0) is 9.53 Å². The average Bonchev–Trinajstić information content (AvgIpc) is 2.21. The molecule has 1 unspecified atom stereocenters. The van der Waals surface area contributed by atoms with Gasteiger partial charge in [0.05, 0.1) is 6.61 Å². The molecule has 0 radical (unpaired) electrons. The van der Waals surface area contributed by atoms with Gasteiger partial charge in [-0.25, -0.2) is 0 Å². The zero-order chi connectivity index (χ0) is 12.5. The molecule has 16 heavy (non-hydrogen) atoms. The van der Waals surface area contributed by atoms with E-state index >= 15 is 0 Å². The molecule has 5 N–H and O–H groups in total. The van der Waals surface area contributed by atoms with Crippen LogP contribution in [0.2, 0.25) is 0 Å². The highest BCUT2D eigenvalue weighted by atomic mass is 32.1. The Labute approximate surface area is 97.4 Å². The van der Waals surface area contributed by atoms with Gasteiger partial charge < -0.3 is 30.5 Å². The van der Waals surface area contributed by atoms with Crippen molar-refractivity contribution in [2.24, 2.45) is 0 Å². The van der Waals surface area contributed by atoms with E-state index in [0.717, 1.165) is 0 Å². The number of aliphatic hydroxyl groups is 4. The lowest BCUT2D eigenvalue weighted by Crippen LogP contribution is -2.67. The number of hydrogen-bond donors (Lipinski definition) is 6. The third kappa shape index (κ3) is 2.47. The molecule has 1 heterocycles. The molecular formula is C8H15NO6S. The molecule has 0 aromatic heterocycles. The molecule has 1 rings (SSSR count). The van der Waals surface area contributed by atoms with Crippen molar-refractivity contribution in [2.75, 3.05) is 6.61 Å². The topological polar surface area (TPSA) is 119 Å². The van der Waals surface area contributed by atoms with Crippen LogP contribution in [0.25, 0.3) is 0 Å². The van der Waals surface area contributed by atoms with Crippen molar-refractivity contribution in [2.45, 2.75) is 36.4 Å². The Morgan fingerprint density at radius 2 is 2.06 bits per heavy atom. The van der Waals surface area contributed by atoms with Crippen LogP contribution in [0, 0.1) is 0 Å². The minimum atomic E-state index is -1.76. The third-order valence-electron chi connectivity index (χ3n) is 2.38. The Bertz CT molecular complexity index is 277. The maximum atomic E-state index is 10.8. The minimum Gasteiger partial charge on any atom is -0.392 e. The quantitative estimate of drug-likeness (QED) is 0.295. The van der Waals surface area contributed by atoms with E-state index < -0.39 is 42.0 Å². The maximum Gasteiger partial charge on any atom is 0.217 e. The Balaban J connectivity index is 2.83. The summed E-state index contributed by atoms with van der Waals surface area (Å²) < 4.78 is 4.86. The summed E-state index contributed by atoms with van der Waals surface area (Å²) >= 11 is 3.84. The number of nitrogens with one attached hydrogen (secondary N) is 1. The summed E-state index contributed by atoms with van der Waals surface area (Å²) in [4.78, 5) is 9.05. The summed E-state index contributed by atoms with van der Waals surface area (Å²) in [5, 5.41) is 40.0. The molecule has 0 aliphatic carbocycles. The number of carbonyl (C=O) groups excluding carboxylic acids is 1. The van der Waals surface area contributed by atoms with Gasteiger partial charge in [0.1, 0.15) is 18.2 Å². The van der Waals surface area contributed by atoms with Crippen LogP contribution in [0.1, 0.15) is 6.92 Å². The predicted molar refractivity (Wildman–Crippen MR) is 55.5 cm³/mol. The van der Waals surface area contributed by atoms with Gasteiger partial charge in [0.25, 0.3) is 0 Å². The molecule has 0 saturated carbocycles. The van der Waals surface area contributed by atoms with E-state index in [1.165, 1.54) is 6.92 Å². The van der Waals surface area contributed by atoms with Crippen LogP contribution in [-0.4, -0.2) is 62.4 Å². The molecule has 0 aromatic carbocycles. The Kier molecular flexibility index (Phi) is 4.16. The molecule has 94 valence electrons. The summed E-state index contributed by atoms with van der Waals surface area (Å²) in [5.74, 6) is -0.491. The van der Waals surface area contributed by atoms with Gasteiger partial charge in [-0.05, 0) is 0 Å². The molecule has 8 heteroatoms. The molecule has 1 aliphatic heterocycles. The summed E-state index contributed by atoms with van der Waals surface area (Å²) in [5.41, 5.74) is 0. The zero-order valence-corrected chi connectivity index (χ0v) is 9.46.